The number of pyridine rings is 1. The van der Waals surface area contributed by atoms with E-state index in [4.69, 9.17) is 10.5 Å². The number of hydrogen-bond acceptors (Lipinski definition) is 4. The first-order chi connectivity index (χ1) is 9.06. The molecule has 5 nitrogen and oxygen atoms in total. The molecule has 1 heterocycles. The molecule has 5 heteroatoms. The number of nitrogens with zero attached hydrogens (tertiary/aromatic N) is 1. The van der Waals surface area contributed by atoms with Gasteiger partial charge in [-0.1, -0.05) is 0 Å². The fourth-order valence-electron chi connectivity index (χ4n) is 1.47. The van der Waals surface area contributed by atoms with Gasteiger partial charge in [-0.3, -0.25) is 9.59 Å². The van der Waals surface area contributed by atoms with Crippen LogP contribution in [0.5, 0.6) is 11.5 Å². The average molecular weight is 256 g/mol. The molecule has 2 N–H and O–H groups in total. The highest BCUT2D eigenvalue weighted by Gasteiger charge is 2.03. The average Bonchev–Trinajstić information content (AvgIpc) is 2.40. The van der Waals surface area contributed by atoms with Crippen LogP contribution in [0.2, 0.25) is 0 Å². The Kier molecular flexibility index (Phi) is 3.56. The summed E-state index contributed by atoms with van der Waals surface area (Å²) in [6.07, 6.45) is 1.47. The molecule has 0 spiro atoms. The molecule has 0 atom stereocenters. The Morgan fingerprint density at radius 3 is 2.16 bits per heavy atom. The first-order valence-corrected chi connectivity index (χ1v) is 5.61. The van der Waals surface area contributed by atoms with Gasteiger partial charge in [-0.15, -0.1) is 0 Å². The van der Waals surface area contributed by atoms with Crippen LogP contribution >= 0.6 is 0 Å². The summed E-state index contributed by atoms with van der Waals surface area (Å²) in [7, 11) is 0. The third-order valence-corrected chi connectivity index (χ3v) is 2.47. The number of Topliss-reactive ketones (excluding diaryl/α,β-unsaturated/α-hetero) is 1. The summed E-state index contributed by atoms with van der Waals surface area (Å²) in [5, 5.41) is 0. The molecule has 0 fully saturated rings. The Morgan fingerprint density at radius 2 is 1.68 bits per heavy atom. The molecule has 96 valence electrons. The summed E-state index contributed by atoms with van der Waals surface area (Å²) in [4.78, 5) is 26.0. The minimum Gasteiger partial charge on any atom is -0.456 e. The molecule has 0 unspecified atom stereocenters. The maximum absolute atomic E-state index is 11.1. The quantitative estimate of drug-likeness (QED) is 0.850. The monoisotopic (exact) mass is 256 g/mol. The number of nitrogens with two attached hydrogens (primary N) is 1. The molecule has 1 aromatic heterocycles. The first-order valence-electron chi connectivity index (χ1n) is 5.61. The Labute approximate surface area is 110 Å². The van der Waals surface area contributed by atoms with Gasteiger partial charge in [0.1, 0.15) is 17.2 Å². The van der Waals surface area contributed by atoms with Crippen molar-refractivity contribution >= 4 is 11.7 Å². The lowest BCUT2D eigenvalue weighted by Crippen LogP contribution is -2.10. The SMILES string of the molecule is CC(=O)c1ccc(Oc2ccc(C(N)=O)cc2)cn1. The van der Waals surface area contributed by atoms with Crippen LogP contribution in [0.1, 0.15) is 27.8 Å². The van der Waals surface area contributed by atoms with Gasteiger partial charge in [0.2, 0.25) is 5.91 Å². The van der Waals surface area contributed by atoms with E-state index in [0.717, 1.165) is 0 Å². The Bertz CT molecular complexity index is 548. The van der Waals surface area contributed by atoms with Gasteiger partial charge >= 0.3 is 0 Å². The fraction of sp³-hybridized carbons (Fsp3) is 0.0714. The normalized spacial score (nSPS) is 9.95. The van der Waals surface area contributed by atoms with Crippen LogP contribution < -0.4 is 10.5 Å². The van der Waals surface area contributed by atoms with Crippen molar-refractivity contribution in [1.29, 1.82) is 0 Å². The topological polar surface area (TPSA) is 82.3 Å². The molecular formula is C14H12N2O3. The number of carbonyl (C=O) groups is 2. The third kappa shape index (κ3) is 3.16. The highest BCUT2D eigenvalue weighted by molar-refractivity contribution is 5.93. The van der Waals surface area contributed by atoms with Crippen LogP contribution in [0.25, 0.3) is 0 Å². The highest BCUT2D eigenvalue weighted by atomic mass is 16.5. The van der Waals surface area contributed by atoms with Crippen LogP contribution in [0.3, 0.4) is 0 Å². The molecule has 2 rings (SSSR count). The van der Waals surface area contributed by atoms with E-state index in [1.807, 2.05) is 0 Å². The number of rotatable bonds is 4. The molecule has 0 aliphatic heterocycles. The summed E-state index contributed by atoms with van der Waals surface area (Å²) in [5.74, 6) is 0.482. The van der Waals surface area contributed by atoms with Gasteiger partial charge in [-0.2, -0.15) is 0 Å². The van der Waals surface area contributed by atoms with Crippen LogP contribution in [-0.4, -0.2) is 16.7 Å². The van der Waals surface area contributed by atoms with E-state index < -0.39 is 5.91 Å². The number of primary amides is 1. The van der Waals surface area contributed by atoms with E-state index in [1.54, 1.807) is 36.4 Å². The lowest BCUT2D eigenvalue weighted by Gasteiger charge is -2.05. The van der Waals surface area contributed by atoms with Crippen molar-refractivity contribution in [3.05, 3.63) is 53.9 Å². The largest absolute Gasteiger partial charge is 0.456 e. The van der Waals surface area contributed by atoms with E-state index in [9.17, 15) is 9.59 Å². The van der Waals surface area contributed by atoms with E-state index in [1.165, 1.54) is 13.1 Å². The minimum absolute atomic E-state index is 0.0997. The molecule has 1 amide bonds. The molecular weight excluding hydrogens is 244 g/mol. The van der Waals surface area contributed by atoms with Crippen LogP contribution in [0.4, 0.5) is 0 Å². The number of amides is 1. The van der Waals surface area contributed by atoms with Gasteiger partial charge in [0, 0.05) is 12.5 Å². The number of ether oxygens (including phenoxy) is 1. The summed E-state index contributed by atoms with van der Waals surface area (Å²) < 4.78 is 5.52. The number of aromatic nitrogens is 1. The summed E-state index contributed by atoms with van der Waals surface area (Å²) >= 11 is 0. The van der Waals surface area contributed by atoms with Gasteiger partial charge in [0.05, 0.1) is 6.20 Å². The predicted octanol–water partition coefficient (Wildman–Crippen LogP) is 2.18. The van der Waals surface area contributed by atoms with E-state index in [2.05, 4.69) is 4.98 Å². The zero-order valence-corrected chi connectivity index (χ0v) is 10.3. The maximum Gasteiger partial charge on any atom is 0.248 e. The van der Waals surface area contributed by atoms with E-state index in [0.29, 0.717) is 22.8 Å². The Morgan fingerprint density at radius 1 is 1.05 bits per heavy atom. The third-order valence-electron chi connectivity index (χ3n) is 2.47. The number of ketones is 1. The van der Waals surface area contributed by atoms with Gasteiger partial charge in [-0.25, -0.2) is 4.98 Å². The molecule has 2 aromatic rings. The molecule has 0 aliphatic carbocycles. The van der Waals surface area contributed by atoms with Crippen molar-refractivity contribution in [2.24, 2.45) is 5.73 Å². The second-order valence-corrected chi connectivity index (χ2v) is 3.93. The van der Waals surface area contributed by atoms with Gasteiger partial charge in [0.15, 0.2) is 5.78 Å². The maximum atomic E-state index is 11.1. The first kappa shape index (κ1) is 12.8. The summed E-state index contributed by atoms with van der Waals surface area (Å²) in [5.41, 5.74) is 5.94. The predicted molar refractivity (Wildman–Crippen MR) is 69.3 cm³/mol. The van der Waals surface area contributed by atoms with Crippen LogP contribution in [0.15, 0.2) is 42.6 Å². The van der Waals surface area contributed by atoms with Crippen molar-refractivity contribution in [2.45, 2.75) is 6.92 Å². The molecule has 0 bridgehead atoms. The van der Waals surface area contributed by atoms with Crippen molar-refractivity contribution < 1.29 is 14.3 Å². The second-order valence-electron chi connectivity index (χ2n) is 3.93. The molecule has 0 saturated heterocycles. The van der Waals surface area contributed by atoms with Gasteiger partial charge in [0.25, 0.3) is 0 Å². The molecule has 19 heavy (non-hydrogen) atoms. The fourth-order valence-corrected chi connectivity index (χ4v) is 1.47. The van der Waals surface area contributed by atoms with Gasteiger partial charge in [-0.05, 0) is 36.4 Å². The van der Waals surface area contributed by atoms with Crippen molar-refractivity contribution in [3.63, 3.8) is 0 Å². The molecule has 0 radical (unpaired) electrons. The van der Waals surface area contributed by atoms with Gasteiger partial charge < -0.3 is 10.5 Å². The smallest absolute Gasteiger partial charge is 0.248 e. The zero-order valence-electron chi connectivity index (χ0n) is 10.3. The highest BCUT2D eigenvalue weighted by Crippen LogP contribution is 2.21. The number of benzene rings is 1. The summed E-state index contributed by atoms with van der Waals surface area (Å²) in [6.45, 7) is 1.45. The number of carbonyl (C=O) groups excluding carboxylic acids is 2. The van der Waals surface area contributed by atoms with Crippen molar-refractivity contribution in [3.8, 4) is 11.5 Å². The number of hydrogen-bond donors (Lipinski definition) is 1. The molecule has 0 aliphatic rings. The zero-order chi connectivity index (χ0) is 13.8. The van der Waals surface area contributed by atoms with Crippen LogP contribution in [-0.2, 0) is 0 Å². The minimum atomic E-state index is -0.487. The molecule has 1 aromatic carbocycles. The van der Waals surface area contributed by atoms with Crippen molar-refractivity contribution in [2.75, 3.05) is 0 Å². The van der Waals surface area contributed by atoms with Crippen molar-refractivity contribution in [1.82, 2.24) is 4.98 Å². The standard InChI is InChI=1S/C14H12N2O3/c1-9(17)13-7-6-12(8-16-13)19-11-4-2-10(3-5-11)14(15)18/h2-8H,1H3,(H2,15,18). The Balaban J connectivity index is 2.12. The van der Waals surface area contributed by atoms with Crippen LogP contribution in [0, 0.1) is 0 Å². The summed E-state index contributed by atoms with van der Waals surface area (Å²) in [6, 6.07) is 9.68. The second kappa shape index (κ2) is 5.30. The lowest BCUT2D eigenvalue weighted by atomic mass is 10.2. The van der Waals surface area contributed by atoms with E-state index in [-0.39, 0.29) is 5.78 Å². The lowest BCUT2D eigenvalue weighted by molar-refractivity contribution is 0.0995. The Hall–Kier alpha value is -2.69. The molecule has 0 saturated carbocycles. The van der Waals surface area contributed by atoms with E-state index >= 15 is 0 Å².